The molecule has 0 bridgehead atoms. The molecule has 1 aliphatic rings. The molecule has 2 N–H and O–H groups in total. The number of aromatic amines is 1. The van der Waals surface area contributed by atoms with Crippen molar-refractivity contribution < 1.29 is 0 Å². The van der Waals surface area contributed by atoms with Crippen LogP contribution in [0.1, 0.15) is 19.3 Å². The first-order valence-electron chi connectivity index (χ1n) is 6.24. The van der Waals surface area contributed by atoms with Gasteiger partial charge in [-0.05, 0) is 43.4 Å². The van der Waals surface area contributed by atoms with Crippen molar-refractivity contribution in [1.29, 1.82) is 0 Å². The average molecular weight is 227 g/mol. The number of hydrogen-bond donors (Lipinski definition) is 2. The third kappa shape index (κ3) is 2.33. The number of anilines is 1. The fourth-order valence-corrected chi connectivity index (χ4v) is 2.35. The summed E-state index contributed by atoms with van der Waals surface area (Å²) in [5.74, 6) is 0.775. The number of fused-ring (bicyclic) bond motifs is 1. The van der Waals surface area contributed by atoms with Gasteiger partial charge < -0.3 is 5.32 Å². The highest BCUT2D eigenvalue weighted by atomic mass is 15.1. The average Bonchev–Trinajstić information content (AvgIpc) is 2.85. The monoisotopic (exact) mass is 227 g/mol. The highest BCUT2D eigenvalue weighted by Crippen LogP contribution is 2.20. The van der Waals surface area contributed by atoms with Crippen LogP contribution in [0.25, 0.3) is 10.9 Å². The number of nitrogens with one attached hydrogen (secondary N) is 2. The van der Waals surface area contributed by atoms with Gasteiger partial charge in [-0.3, -0.25) is 5.10 Å². The smallest absolute Gasteiger partial charge is 0.0670 e. The number of nitrogens with zero attached hydrogens (tertiary/aromatic N) is 1. The second-order valence-electron chi connectivity index (χ2n) is 4.70. The summed E-state index contributed by atoms with van der Waals surface area (Å²) in [5, 5.41) is 11.7. The van der Waals surface area contributed by atoms with Gasteiger partial charge in [-0.15, -0.1) is 0 Å². The van der Waals surface area contributed by atoms with Crippen LogP contribution in [-0.2, 0) is 0 Å². The third-order valence-electron chi connectivity index (χ3n) is 3.41. The molecule has 0 aliphatic heterocycles. The Morgan fingerprint density at radius 1 is 1.35 bits per heavy atom. The predicted molar refractivity (Wildman–Crippen MR) is 71.1 cm³/mol. The molecule has 1 aromatic heterocycles. The van der Waals surface area contributed by atoms with Crippen molar-refractivity contribution in [3.63, 3.8) is 0 Å². The van der Waals surface area contributed by atoms with Crippen LogP contribution in [0.2, 0.25) is 0 Å². The number of allylic oxidation sites excluding steroid dienone is 2. The lowest BCUT2D eigenvalue weighted by Gasteiger charge is -2.18. The molecule has 88 valence electrons. The molecule has 0 spiro atoms. The van der Waals surface area contributed by atoms with Gasteiger partial charge in [0, 0.05) is 17.6 Å². The molecule has 2 aromatic rings. The maximum absolute atomic E-state index is 4.03. The zero-order chi connectivity index (χ0) is 11.5. The van der Waals surface area contributed by atoms with E-state index in [0.717, 1.165) is 23.4 Å². The molecule has 0 radical (unpaired) electrons. The minimum Gasteiger partial charge on any atom is -0.385 e. The summed E-state index contributed by atoms with van der Waals surface area (Å²) in [6, 6.07) is 6.35. The van der Waals surface area contributed by atoms with Crippen LogP contribution in [0, 0.1) is 5.92 Å². The standard InChI is InChI=1S/C14H17N3/c1-2-4-11(5-3-1)9-15-13-7-6-12-10-16-17-14(12)8-13/h1-2,6-8,10-11,15H,3-5,9H2,(H,16,17). The first kappa shape index (κ1) is 10.4. The van der Waals surface area contributed by atoms with E-state index >= 15 is 0 Å². The highest BCUT2D eigenvalue weighted by Gasteiger charge is 2.09. The lowest BCUT2D eigenvalue weighted by atomic mass is 9.94. The van der Waals surface area contributed by atoms with Crippen molar-refractivity contribution in [2.24, 2.45) is 5.92 Å². The van der Waals surface area contributed by atoms with Crippen molar-refractivity contribution in [1.82, 2.24) is 10.2 Å². The fourth-order valence-electron chi connectivity index (χ4n) is 2.35. The fraction of sp³-hybridized carbons (Fsp3) is 0.357. The van der Waals surface area contributed by atoms with E-state index in [1.807, 2.05) is 6.20 Å². The van der Waals surface area contributed by atoms with Crippen molar-refractivity contribution in [2.75, 3.05) is 11.9 Å². The van der Waals surface area contributed by atoms with Gasteiger partial charge in [-0.1, -0.05) is 12.2 Å². The van der Waals surface area contributed by atoms with Gasteiger partial charge in [0.2, 0.25) is 0 Å². The molecule has 0 fully saturated rings. The van der Waals surface area contributed by atoms with Crippen LogP contribution in [0.4, 0.5) is 5.69 Å². The topological polar surface area (TPSA) is 40.7 Å². The normalized spacial score (nSPS) is 19.6. The lowest BCUT2D eigenvalue weighted by molar-refractivity contribution is 0.504. The Kier molecular flexibility index (Phi) is 2.82. The van der Waals surface area contributed by atoms with Gasteiger partial charge in [0.05, 0.1) is 11.7 Å². The summed E-state index contributed by atoms with van der Waals surface area (Å²) in [6.45, 7) is 1.06. The molecule has 0 amide bonds. The van der Waals surface area contributed by atoms with E-state index in [0.29, 0.717) is 0 Å². The summed E-state index contributed by atoms with van der Waals surface area (Å²) in [5.41, 5.74) is 2.27. The van der Waals surface area contributed by atoms with E-state index in [4.69, 9.17) is 0 Å². The predicted octanol–water partition coefficient (Wildman–Crippen LogP) is 3.33. The molecule has 17 heavy (non-hydrogen) atoms. The van der Waals surface area contributed by atoms with Crippen LogP contribution in [0.15, 0.2) is 36.5 Å². The number of benzene rings is 1. The molecule has 1 atom stereocenters. The van der Waals surface area contributed by atoms with E-state index in [-0.39, 0.29) is 0 Å². The summed E-state index contributed by atoms with van der Waals surface area (Å²) in [6.07, 6.45) is 10.2. The minimum absolute atomic E-state index is 0.775. The Hall–Kier alpha value is -1.77. The van der Waals surface area contributed by atoms with Crippen LogP contribution < -0.4 is 5.32 Å². The molecule has 1 aliphatic carbocycles. The Morgan fingerprint density at radius 2 is 2.35 bits per heavy atom. The first-order chi connectivity index (χ1) is 8.42. The van der Waals surface area contributed by atoms with Crippen LogP contribution in [0.3, 0.4) is 0 Å². The highest BCUT2D eigenvalue weighted by molar-refractivity contribution is 5.81. The van der Waals surface area contributed by atoms with E-state index in [9.17, 15) is 0 Å². The summed E-state index contributed by atoms with van der Waals surface area (Å²) < 4.78 is 0. The molecule has 1 aromatic carbocycles. The molecule has 0 saturated heterocycles. The van der Waals surface area contributed by atoms with Crippen LogP contribution in [0.5, 0.6) is 0 Å². The first-order valence-corrected chi connectivity index (χ1v) is 6.24. The van der Waals surface area contributed by atoms with Gasteiger partial charge in [-0.2, -0.15) is 5.10 Å². The number of rotatable bonds is 3. The van der Waals surface area contributed by atoms with E-state index in [2.05, 4.69) is 45.9 Å². The quantitative estimate of drug-likeness (QED) is 0.790. The van der Waals surface area contributed by atoms with Gasteiger partial charge in [0.25, 0.3) is 0 Å². The van der Waals surface area contributed by atoms with Gasteiger partial charge >= 0.3 is 0 Å². The number of hydrogen-bond acceptors (Lipinski definition) is 2. The third-order valence-corrected chi connectivity index (χ3v) is 3.41. The molecule has 1 heterocycles. The van der Waals surface area contributed by atoms with E-state index in [1.54, 1.807) is 0 Å². The van der Waals surface area contributed by atoms with E-state index < -0.39 is 0 Å². The second-order valence-corrected chi connectivity index (χ2v) is 4.70. The largest absolute Gasteiger partial charge is 0.385 e. The molecule has 3 rings (SSSR count). The maximum atomic E-state index is 4.03. The van der Waals surface area contributed by atoms with Crippen molar-refractivity contribution in [3.05, 3.63) is 36.5 Å². The summed E-state index contributed by atoms with van der Waals surface area (Å²) >= 11 is 0. The number of H-pyrrole nitrogens is 1. The van der Waals surface area contributed by atoms with Crippen molar-refractivity contribution in [2.45, 2.75) is 19.3 Å². The van der Waals surface area contributed by atoms with Crippen molar-refractivity contribution >= 4 is 16.6 Å². The van der Waals surface area contributed by atoms with E-state index in [1.165, 1.54) is 24.9 Å². The Bertz CT molecular complexity index is 527. The minimum atomic E-state index is 0.775. The lowest BCUT2D eigenvalue weighted by Crippen LogP contribution is -2.15. The molecular formula is C14H17N3. The molecule has 3 nitrogen and oxygen atoms in total. The summed E-state index contributed by atoms with van der Waals surface area (Å²) in [7, 11) is 0. The Morgan fingerprint density at radius 3 is 3.24 bits per heavy atom. The van der Waals surface area contributed by atoms with Crippen molar-refractivity contribution in [3.8, 4) is 0 Å². The Labute approximate surface area is 101 Å². The number of aromatic nitrogens is 2. The van der Waals surface area contributed by atoms with Gasteiger partial charge in [0.1, 0.15) is 0 Å². The molecule has 3 heteroatoms. The van der Waals surface area contributed by atoms with Gasteiger partial charge in [-0.25, -0.2) is 0 Å². The van der Waals surface area contributed by atoms with Crippen LogP contribution >= 0.6 is 0 Å². The SMILES string of the molecule is C1=CCC(CNc2ccc3cn[nH]c3c2)CC1. The zero-order valence-corrected chi connectivity index (χ0v) is 9.82. The van der Waals surface area contributed by atoms with Crippen LogP contribution in [-0.4, -0.2) is 16.7 Å². The Balaban J connectivity index is 1.65. The molecule has 0 saturated carbocycles. The van der Waals surface area contributed by atoms with Gasteiger partial charge in [0.15, 0.2) is 0 Å². The maximum Gasteiger partial charge on any atom is 0.0670 e. The zero-order valence-electron chi connectivity index (χ0n) is 9.82. The summed E-state index contributed by atoms with van der Waals surface area (Å²) in [4.78, 5) is 0. The molecule has 1 unspecified atom stereocenters. The molecular weight excluding hydrogens is 210 g/mol. The second kappa shape index (κ2) is 4.62.